The number of halogens is 1. The van der Waals surface area contributed by atoms with Gasteiger partial charge >= 0.3 is 0 Å². The third kappa shape index (κ3) is 5.68. The summed E-state index contributed by atoms with van der Waals surface area (Å²) < 4.78 is 5.22. The minimum absolute atomic E-state index is 0.231. The highest BCUT2D eigenvalue weighted by molar-refractivity contribution is 7.98. The molecule has 2 aromatic carbocycles. The minimum Gasteiger partial charge on any atom is -0.361 e. The summed E-state index contributed by atoms with van der Waals surface area (Å²) in [4.78, 5) is 25.9. The molecule has 2 N–H and O–H groups in total. The second-order valence-electron chi connectivity index (χ2n) is 6.99. The van der Waals surface area contributed by atoms with E-state index < -0.39 is 0 Å². The fraction of sp³-hybridized carbons (Fsp3) is 0.261. The number of nitrogens with one attached hydrogen (secondary N) is 2. The highest BCUT2D eigenvalue weighted by atomic mass is 35.5. The van der Waals surface area contributed by atoms with Crippen LogP contribution in [-0.4, -0.2) is 23.5 Å². The van der Waals surface area contributed by atoms with Crippen LogP contribution in [-0.2, 0) is 5.75 Å². The molecule has 0 radical (unpaired) electrons. The van der Waals surface area contributed by atoms with Crippen LogP contribution in [0.4, 0.5) is 5.69 Å². The lowest BCUT2D eigenvalue weighted by molar-refractivity contribution is 0.0953. The summed E-state index contributed by atoms with van der Waals surface area (Å²) in [6.07, 6.45) is 0.838. The van der Waals surface area contributed by atoms with Crippen molar-refractivity contribution >= 4 is 40.9 Å². The molecule has 0 unspecified atom stereocenters. The first-order valence-electron chi connectivity index (χ1n) is 9.93. The van der Waals surface area contributed by atoms with Crippen LogP contribution in [0.1, 0.15) is 51.1 Å². The standard InChI is InChI=1S/C23H24ClN3O3S/c1-4-11-25-22(28)17-10-9-16(12-20(17)24)26-23(29)18-7-5-6-8-21(18)31-13-19-14(2)27-30-15(19)3/h5-10,12H,4,11,13H2,1-3H3,(H,25,28)(H,26,29). The van der Waals surface area contributed by atoms with Crippen molar-refractivity contribution in [1.29, 1.82) is 0 Å². The third-order valence-electron chi connectivity index (χ3n) is 4.69. The van der Waals surface area contributed by atoms with E-state index >= 15 is 0 Å². The Hall–Kier alpha value is -2.77. The lowest BCUT2D eigenvalue weighted by Gasteiger charge is -2.11. The van der Waals surface area contributed by atoms with Crippen molar-refractivity contribution in [2.75, 3.05) is 11.9 Å². The van der Waals surface area contributed by atoms with Crippen molar-refractivity contribution in [3.05, 3.63) is 75.6 Å². The van der Waals surface area contributed by atoms with Crippen LogP contribution in [0.3, 0.4) is 0 Å². The quantitative estimate of drug-likeness (QED) is 0.428. The molecule has 0 saturated carbocycles. The fourth-order valence-corrected chi connectivity index (χ4v) is 4.42. The Morgan fingerprint density at radius 1 is 1.10 bits per heavy atom. The molecular weight excluding hydrogens is 434 g/mol. The van der Waals surface area contributed by atoms with Crippen LogP contribution in [0.15, 0.2) is 51.9 Å². The summed E-state index contributed by atoms with van der Waals surface area (Å²) in [7, 11) is 0. The van der Waals surface area contributed by atoms with Gasteiger partial charge in [0.15, 0.2) is 0 Å². The van der Waals surface area contributed by atoms with Gasteiger partial charge in [0, 0.05) is 28.4 Å². The fourth-order valence-electron chi connectivity index (χ4n) is 2.95. The molecule has 3 aromatic rings. The number of hydrogen-bond acceptors (Lipinski definition) is 5. The van der Waals surface area contributed by atoms with E-state index in [-0.39, 0.29) is 16.8 Å². The first-order chi connectivity index (χ1) is 14.9. The highest BCUT2D eigenvalue weighted by Gasteiger charge is 2.16. The van der Waals surface area contributed by atoms with Gasteiger partial charge in [-0.3, -0.25) is 9.59 Å². The predicted molar refractivity (Wildman–Crippen MR) is 124 cm³/mol. The molecule has 0 fully saturated rings. The van der Waals surface area contributed by atoms with Gasteiger partial charge < -0.3 is 15.2 Å². The van der Waals surface area contributed by atoms with Crippen molar-refractivity contribution in [3.8, 4) is 0 Å². The number of benzene rings is 2. The van der Waals surface area contributed by atoms with Crippen LogP contribution in [0.2, 0.25) is 5.02 Å². The summed E-state index contributed by atoms with van der Waals surface area (Å²) in [5, 5.41) is 9.92. The SMILES string of the molecule is CCCNC(=O)c1ccc(NC(=O)c2ccccc2SCc2c(C)noc2C)cc1Cl. The van der Waals surface area contributed by atoms with E-state index in [0.29, 0.717) is 29.1 Å². The van der Waals surface area contributed by atoms with Crippen molar-refractivity contribution in [3.63, 3.8) is 0 Å². The Bertz CT molecular complexity index is 1080. The van der Waals surface area contributed by atoms with Gasteiger partial charge in [-0.15, -0.1) is 11.8 Å². The molecular formula is C23H24ClN3O3S. The largest absolute Gasteiger partial charge is 0.361 e. The first-order valence-corrected chi connectivity index (χ1v) is 11.3. The average Bonchev–Trinajstić information content (AvgIpc) is 3.08. The van der Waals surface area contributed by atoms with Crippen LogP contribution >= 0.6 is 23.4 Å². The van der Waals surface area contributed by atoms with Crippen LogP contribution in [0.5, 0.6) is 0 Å². The third-order valence-corrected chi connectivity index (χ3v) is 6.10. The smallest absolute Gasteiger partial charge is 0.256 e. The van der Waals surface area contributed by atoms with E-state index in [0.717, 1.165) is 28.3 Å². The zero-order valence-electron chi connectivity index (χ0n) is 17.6. The van der Waals surface area contributed by atoms with E-state index in [2.05, 4.69) is 15.8 Å². The Morgan fingerprint density at radius 2 is 1.87 bits per heavy atom. The lowest BCUT2D eigenvalue weighted by Crippen LogP contribution is -2.24. The van der Waals surface area contributed by atoms with Gasteiger partial charge in [-0.25, -0.2) is 0 Å². The first kappa shape index (κ1) is 22.9. The molecule has 2 amide bonds. The predicted octanol–water partition coefficient (Wildman–Crippen LogP) is 5.63. The highest BCUT2D eigenvalue weighted by Crippen LogP contribution is 2.29. The van der Waals surface area contributed by atoms with Gasteiger partial charge in [-0.2, -0.15) is 0 Å². The molecule has 8 heteroatoms. The van der Waals surface area contributed by atoms with Gasteiger partial charge in [-0.05, 0) is 50.6 Å². The number of hydrogen-bond donors (Lipinski definition) is 2. The number of aromatic nitrogens is 1. The second-order valence-corrected chi connectivity index (χ2v) is 8.42. The summed E-state index contributed by atoms with van der Waals surface area (Å²) in [5.41, 5.74) is 3.34. The number of aryl methyl sites for hydroxylation is 2. The Kier molecular flexibility index (Phi) is 7.76. The number of carbonyl (C=O) groups is 2. The molecule has 31 heavy (non-hydrogen) atoms. The number of anilines is 1. The lowest BCUT2D eigenvalue weighted by atomic mass is 10.1. The molecule has 6 nitrogen and oxygen atoms in total. The van der Waals surface area contributed by atoms with E-state index in [1.807, 2.05) is 39.0 Å². The molecule has 0 aliphatic heterocycles. The molecule has 1 aromatic heterocycles. The van der Waals surface area contributed by atoms with Crippen molar-refractivity contribution < 1.29 is 14.1 Å². The van der Waals surface area contributed by atoms with Gasteiger partial charge in [0.25, 0.3) is 11.8 Å². The molecule has 0 atom stereocenters. The Labute approximate surface area is 190 Å². The van der Waals surface area contributed by atoms with Gasteiger partial charge in [0.05, 0.1) is 21.8 Å². The molecule has 0 bridgehead atoms. The summed E-state index contributed by atoms with van der Waals surface area (Å²) in [5.74, 6) is 0.954. The molecule has 0 aliphatic carbocycles. The Morgan fingerprint density at radius 3 is 2.55 bits per heavy atom. The van der Waals surface area contributed by atoms with Crippen molar-refractivity contribution in [2.45, 2.75) is 37.8 Å². The average molecular weight is 458 g/mol. The van der Waals surface area contributed by atoms with Gasteiger partial charge in [0.1, 0.15) is 5.76 Å². The Balaban J connectivity index is 1.72. The topological polar surface area (TPSA) is 84.2 Å². The second kappa shape index (κ2) is 10.5. The van der Waals surface area contributed by atoms with Crippen molar-refractivity contribution in [1.82, 2.24) is 10.5 Å². The number of amides is 2. The van der Waals surface area contributed by atoms with Crippen LogP contribution in [0.25, 0.3) is 0 Å². The number of nitrogens with zero attached hydrogens (tertiary/aromatic N) is 1. The maximum absolute atomic E-state index is 12.9. The normalized spacial score (nSPS) is 10.7. The summed E-state index contributed by atoms with van der Waals surface area (Å²) >= 11 is 7.82. The zero-order chi connectivity index (χ0) is 22.4. The maximum Gasteiger partial charge on any atom is 0.256 e. The molecule has 1 heterocycles. The molecule has 0 spiro atoms. The minimum atomic E-state index is -0.249. The van der Waals surface area contributed by atoms with Crippen LogP contribution < -0.4 is 10.6 Å². The van der Waals surface area contributed by atoms with Gasteiger partial charge in [-0.1, -0.05) is 35.8 Å². The number of thioether (sulfide) groups is 1. The van der Waals surface area contributed by atoms with Crippen molar-refractivity contribution in [2.24, 2.45) is 0 Å². The number of carbonyl (C=O) groups excluding carboxylic acids is 2. The van der Waals surface area contributed by atoms with E-state index in [1.54, 1.807) is 36.0 Å². The van der Waals surface area contributed by atoms with E-state index in [9.17, 15) is 9.59 Å². The monoisotopic (exact) mass is 457 g/mol. The van der Waals surface area contributed by atoms with E-state index in [4.69, 9.17) is 16.1 Å². The zero-order valence-corrected chi connectivity index (χ0v) is 19.2. The maximum atomic E-state index is 12.9. The molecule has 3 rings (SSSR count). The molecule has 162 valence electrons. The number of rotatable bonds is 8. The summed E-state index contributed by atoms with van der Waals surface area (Å²) in [6, 6.07) is 12.3. The summed E-state index contributed by atoms with van der Waals surface area (Å²) in [6.45, 7) is 6.34. The molecule has 0 saturated heterocycles. The van der Waals surface area contributed by atoms with Crippen LogP contribution in [0, 0.1) is 13.8 Å². The van der Waals surface area contributed by atoms with E-state index in [1.165, 1.54) is 0 Å². The van der Waals surface area contributed by atoms with Gasteiger partial charge in [0.2, 0.25) is 0 Å². The molecule has 0 aliphatic rings.